The Kier molecular flexibility index (Phi) is 2.25. The number of hydrogen-bond acceptors (Lipinski definition) is 3. The number of hydrogen-bond donors (Lipinski definition) is 0. The van der Waals surface area contributed by atoms with Crippen molar-refractivity contribution in [3.05, 3.63) is 34.8 Å². The fraction of sp³-hybridized carbons (Fsp3) is 0.200. The third-order valence-electron chi connectivity index (χ3n) is 2.07. The lowest BCUT2D eigenvalue weighted by Crippen LogP contribution is -1.95. The number of furan rings is 1. The lowest BCUT2D eigenvalue weighted by Gasteiger charge is -2.03. The first kappa shape index (κ1) is 9.21. The van der Waals surface area contributed by atoms with Crippen LogP contribution < -0.4 is 0 Å². The van der Waals surface area contributed by atoms with E-state index in [1.165, 1.54) is 0 Å². The summed E-state index contributed by atoms with van der Waals surface area (Å²) >= 11 is 5.94. The predicted molar refractivity (Wildman–Crippen MR) is 54.2 cm³/mol. The number of rotatable bonds is 1. The molecule has 0 unspecified atom stereocenters. The van der Waals surface area contributed by atoms with Crippen LogP contribution >= 0.6 is 11.6 Å². The molecule has 0 saturated carbocycles. The predicted octanol–water partition coefficient (Wildman–Crippen LogP) is 3.01. The standard InChI is InChI=1S/C10H9ClN2O/c1-6-7(2)12-10(13-9(6)11)8-4-3-5-14-8/h3-5H,1-2H3. The Hall–Kier alpha value is -1.35. The van der Waals surface area contributed by atoms with Gasteiger partial charge in [-0.15, -0.1) is 0 Å². The molecule has 0 atom stereocenters. The molecule has 0 saturated heterocycles. The molecule has 2 aromatic heterocycles. The average Bonchev–Trinajstić information content (AvgIpc) is 2.66. The minimum Gasteiger partial charge on any atom is -0.461 e. The Bertz CT molecular complexity index is 428. The maximum absolute atomic E-state index is 5.94. The molecule has 0 aliphatic carbocycles. The second-order valence-corrected chi connectivity index (χ2v) is 3.38. The van der Waals surface area contributed by atoms with E-state index < -0.39 is 0 Å². The summed E-state index contributed by atoms with van der Waals surface area (Å²) in [7, 11) is 0. The molecule has 0 bridgehead atoms. The molecule has 2 rings (SSSR count). The van der Waals surface area contributed by atoms with Crippen LogP contribution in [0, 0.1) is 13.8 Å². The SMILES string of the molecule is Cc1nc(-c2ccco2)nc(Cl)c1C. The van der Waals surface area contributed by atoms with Crippen LogP contribution in [0.1, 0.15) is 11.3 Å². The first-order chi connectivity index (χ1) is 6.68. The zero-order chi connectivity index (χ0) is 10.1. The second kappa shape index (κ2) is 3.42. The van der Waals surface area contributed by atoms with Crippen LogP contribution in [0.25, 0.3) is 11.6 Å². The van der Waals surface area contributed by atoms with Gasteiger partial charge < -0.3 is 4.42 Å². The first-order valence-corrected chi connectivity index (χ1v) is 4.61. The molecule has 2 heterocycles. The van der Waals surface area contributed by atoms with Gasteiger partial charge in [-0.05, 0) is 26.0 Å². The van der Waals surface area contributed by atoms with E-state index in [0.29, 0.717) is 16.7 Å². The smallest absolute Gasteiger partial charge is 0.197 e. The van der Waals surface area contributed by atoms with E-state index in [9.17, 15) is 0 Å². The summed E-state index contributed by atoms with van der Waals surface area (Å²) in [5.41, 5.74) is 1.78. The van der Waals surface area contributed by atoms with Crippen molar-refractivity contribution in [1.82, 2.24) is 9.97 Å². The molecule has 2 aromatic rings. The average molecular weight is 209 g/mol. The lowest BCUT2D eigenvalue weighted by molar-refractivity contribution is 0.577. The zero-order valence-electron chi connectivity index (χ0n) is 7.91. The van der Waals surface area contributed by atoms with Crippen LogP contribution in [0.15, 0.2) is 22.8 Å². The van der Waals surface area contributed by atoms with E-state index in [1.54, 1.807) is 18.4 Å². The van der Waals surface area contributed by atoms with E-state index in [1.807, 2.05) is 13.8 Å². The van der Waals surface area contributed by atoms with Crippen LogP contribution in [-0.4, -0.2) is 9.97 Å². The van der Waals surface area contributed by atoms with Gasteiger partial charge in [-0.1, -0.05) is 11.6 Å². The monoisotopic (exact) mass is 208 g/mol. The Morgan fingerprint density at radius 1 is 1.29 bits per heavy atom. The normalized spacial score (nSPS) is 10.5. The van der Waals surface area contributed by atoms with Gasteiger partial charge in [0.25, 0.3) is 0 Å². The first-order valence-electron chi connectivity index (χ1n) is 4.23. The van der Waals surface area contributed by atoms with Crippen molar-refractivity contribution >= 4 is 11.6 Å². The molecule has 72 valence electrons. The molecule has 14 heavy (non-hydrogen) atoms. The van der Waals surface area contributed by atoms with E-state index in [-0.39, 0.29) is 0 Å². The molecule has 4 heteroatoms. The highest BCUT2D eigenvalue weighted by Gasteiger charge is 2.09. The molecule has 3 nitrogen and oxygen atoms in total. The summed E-state index contributed by atoms with van der Waals surface area (Å²) in [4.78, 5) is 8.42. The van der Waals surface area contributed by atoms with E-state index in [0.717, 1.165) is 11.3 Å². The largest absolute Gasteiger partial charge is 0.461 e. The van der Waals surface area contributed by atoms with Crippen molar-refractivity contribution in [2.24, 2.45) is 0 Å². The highest BCUT2D eigenvalue weighted by molar-refractivity contribution is 6.30. The highest BCUT2D eigenvalue weighted by atomic mass is 35.5. The van der Waals surface area contributed by atoms with Gasteiger partial charge in [0.2, 0.25) is 0 Å². The fourth-order valence-electron chi connectivity index (χ4n) is 1.11. The molecule has 0 radical (unpaired) electrons. The van der Waals surface area contributed by atoms with Gasteiger partial charge >= 0.3 is 0 Å². The topological polar surface area (TPSA) is 38.9 Å². The highest BCUT2D eigenvalue weighted by Crippen LogP contribution is 2.21. The molecular weight excluding hydrogens is 200 g/mol. The summed E-state index contributed by atoms with van der Waals surface area (Å²) in [5.74, 6) is 1.16. The van der Waals surface area contributed by atoms with Crippen LogP contribution in [0.2, 0.25) is 5.15 Å². The summed E-state index contributed by atoms with van der Waals surface area (Å²) in [6.07, 6.45) is 1.59. The van der Waals surface area contributed by atoms with Gasteiger partial charge in [0.15, 0.2) is 11.6 Å². The van der Waals surface area contributed by atoms with Gasteiger partial charge in [-0.2, -0.15) is 0 Å². The molecule has 0 aliphatic rings. The number of aromatic nitrogens is 2. The molecule has 0 amide bonds. The summed E-state index contributed by atoms with van der Waals surface area (Å²) in [5, 5.41) is 0.476. The van der Waals surface area contributed by atoms with Gasteiger partial charge in [-0.3, -0.25) is 0 Å². The van der Waals surface area contributed by atoms with Crippen LogP contribution in [0.3, 0.4) is 0 Å². The Labute approximate surface area is 86.8 Å². The molecule has 0 N–H and O–H groups in total. The molecule has 0 aliphatic heterocycles. The summed E-state index contributed by atoms with van der Waals surface area (Å²) in [6, 6.07) is 3.60. The van der Waals surface area contributed by atoms with Crippen LogP contribution in [0.5, 0.6) is 0 Å². The van der Waals surface area contributed by atoms with Crippen molar-refractivity contribution in [2.45, 2.75) is 13.8 Å². The van der Waals surface area contributed by atoms with Crippen molar-refractivity contribution in [1.29, 1.82) is 0 Å². The van der Waals surface area contributed by atoms with E-state index >= 15 is 0 Å². The Balaban J connectivity index is 2.57. The lowest BCUT2D eigenvalue weighted by atomic mass is 10.2. The van der Waals surface area contributed by atoms with Crippen LogP contribution in [-0.2, 0) is 0 Å². The molecule has 0 fully saturated rings. The third-order valence-corrected chi connectivity index (χ3v) is 2.44. The number of aryl methyl sites for hydroxylation is 1. The summed E-state index contributed by atoms with van der Waals surface area (Å²) in [6.45, 7) is 3.79. The second-order valence-electron chi connectivity index (χ2n) is 3.03. The third kappa shape index (κ3) is 1.51. The quantitative estimate of drug-likeness (QED) is 0.677. The Morgan fingerprint density at radius 3 is 2.64 bits per heavy atom. The van der Waals surface area contributed by atoms with Gasteiger partial charge in [-0.25, -0.2) is 9.97 Å². The number of nitrogens with zero attached hydrogens (tertiary/aromatic N) is 2. The molecule has 0 spiro atoms. The van der Waals surface area contributed by atoms with Gasteiger partial charge in [0.1, 0.15) is 5.15 Å². The van der Waals surface area contributed by atoms with E-state index in [4.69, 9.17) is 16.0 Å². The van der Waals surface area contributed by atoms with Crippen molar-refractivity contribution in [2.75, 3.05) is 0 Å². The maximum atomic E-state index is 5.94. The molecule has 0 aromatic carbocycles. The molecular formula is C10H9ClN2O. The fourth-order valence-corrected chi connectivity index (χ4v) is 1.33. The minimum absolute atomic E-state index is 0.476. The van der Waals surface area contributed by atoms with Gasteiger partial charge in [0, 0.05) is 11.3 Å². The van der Waals surface area contributed by atoms with Crippen LogP contribution in [0.4, 0.5) is 0 Å². The zero-order valence-corrected chi connectivity index (χ0v) is 8.67. The minimum atomic E-state index is 0.476. The Morgan fingerprint density at radius 2 is 2.07 bits per heavy atom. The van der Waals surface area contributed by atoms with Crippen molar-refractivity contribution < 1.29 is 4.42 Å². The van der Waals surface area contributed by atoms with Crippen molar-refractivity contribution in [3.8, 4) is 11.6 Å². The van der Waals surface area contributed by atoms with Crippen molar-refractivity contribution in [3.63, 3.8) is 0 Å². The number of halogens is 1. The van der Waals surface area contributed by atoms with E-state index in [2.05, 4.69) is 9.97 Å². The summed E-state index contributed by atoms with van der Waals surface area (Å²) < 4.78 is 5.19. The maximum Gasteiger partial charge on any atom is 0.197 e. The van der Waals surface area contributed by atoms with Gasteiger partial charge in [0.05, 0.1) is 6.26 Å².